The normalized spacial score (nSPS) is 12.8. The van der Waals surface area contributed by atoms with Crippen LogP contribution in [-0.4, -0.2) is 38.1 Å². The number of esters is 1. The zero-order chi connectivity index (χ0) is 22.7. The van der Waals surface area contributed by atoms with Crippen molar-refractivity contribution in [1.82, 2.24) is 9.78 Å². The first kappa shape index (κ1) is 22.3. The van der Waals surface area contributed by atoms with E-state index in [0.717, 1.165) is 40.8 Å². The molecule has 0 saturated heterocycles. The lowest BCUT2D eigenvalue weighted by atomic mass is 9.95. The van der Waals surface area contributed by atoms with Gasteiger partial charge in [0, 0.05) is 4.88 Å². The number of carbonyl (C=O) groups excluding carboxylic acids is 2. The molecule has 0 atom stereocenters. The first-order chi connectivity index (χ1) is 14.7. The molecule has 3 rings (SSSR count). The molecule has 0 spiro atoms. The number of fused-ring (bicyclic) bond motifs is 1. The number of thiophene rings is 1. The largest absolute Gasteiger partial charge is 0.468 e. The molecular weight excluding hydrogens is 430 g/mol. The van der Waals surface area contributed by atoms with Crippen molar-refractivity contribution in [2.45, 2.75) is 52.5 Å². The Morgan fingerprint density at radius 1 is 1.23 bits per heavy atom. The molecule has 166 valence electrons. The van der Waals surface area contributed by atoms with Gasteiger partial charge in [-0.3, -0.25) is 14.9 Å². The van der Waals surface area contributed by atoms with Gasteiger partial charge >= 0.3 is 17.5 Å². The van der Waals surface area contributed by atoms with E-state index in [1.165, 1.54) is 18.3 Å². The van der Waals surface area contributed by atoms with Crippen LogP contribution in [0.15, 0.2) is 0 Å². The number of ether oxygens (including phenoxy) is 1. The number of aryl methyl sites for hydroxylation is 1. The summed E-state index contributed by atoms with van der Waals surface area (Å²) in [7, 11) is 0. The van der Waals surface area contributed by atoms with E-state index < -0.39 is 39.8 Å². The number of anilines is 1. The standard InChI is InChI=1S/C18H21N5O7S/c1-3-8-30-18(25)14-11-6-4-5-7-12(11)31-17(14)19-13(24)9-21-10(2)15(22(26)27)16(20-21)23(28)29/h3-9H2,1-2H3,(H,19,24). The van der Waals surface area contributed by atoms with Crippen LogP contribution in [0.2, 0.25) is 0 Å². The van der Waals surface area contributed by atoms with Crippen LogP contribution in [0.3, 0.4) is 0 Å². The van der Waals surface area contributed by atoms with Gasteiger partial charge in [-0.15, -0.1) is 11.3 Å². The molecule has 1 aliphatic carbocycles. The van der Waals surface area contributed by atoms with E-state index >= 15 is 0 Å². The third kappa shape index (κ3) is 4.55. The van der Waals surface area contributed by atoms with Gasteiger partial charge in [-0.2, -0.15) is 4.68 Å². The number of hydrogen-bond donors (Lipinski definition) is 1. The van der Waals surface area contributed by atoms with Gasteiger partial charge in [0.05, 0.1) is 22.2 Å². The van der Waals surface area contributed by atoms with Crippen molar-refractivity contribution >= 4 is 39.7 Å². The predicted octanol–water partition coefficient (Wildman–Crippen LogP) is 3.15. The van der Waals surface area contributed by atoms with Crippen LogP contribution in [0.25, 0.3) is 0 Å². The molecule has 0 aliphatic heterocycles. The molecular formula is C18H21N5O7S. The summed E-state index contributed by atoms with van der Waals surface area (Å²) >= 11 is 1.31. The van der Waals surface area contributed by atoms with Gasteiger partial charge < -0.3 is 20.2 Å². The maximum absolute atomic E-state index is 12.6. The molecule has 0 unspecified atom stereocenters. The van der Waals surface area contributed by atoms with Crippen LogP contribution < -0.4 is 5.32 Å². The quantitative estimate of drug-likeness (QED) is 0.364. The van der Waals surface area contributed by atoms with Gasteiger partial charge in [0.15, 0.2) is 0 Å². The minimum atomic E-state index is -0.964. The second-order valence-corrected chi connectivity index (χ2v) is 8.13. The zero-order valence-corrected chi connectivity index (χ0v) is 17.8. The molecule has 12 nitrogen and oxygen atoms in total. The van der Waals surface area contributed by atoms with E-state index in [9.17, 15) is 29.8 Å². The highest BCUT2D eigenvalue weighted by molar-refractivity contribution is 7.17. The first-order valence-corrected chi connectivity index (χ1v) is 10.5. The zero-order valence-electron chi connectivity index (χ0n) is 17.0. The van der Waals surface area contributed by atoms with E-state index in [1.807, 2.05) is 6.92 Å². The van der Waals surface area contributed by atoms with E-state index in [4.69, 9.17) is 4.74 Å². The summed E-state index contributed by atoms with van der Waals surface area (Å²) in [5.41, 5.74) is 0.359. The van der Waals surface area contributed by atoms with E-state index in [2.05, 4.69) is 10.4 Å². The number of hydrogen-bond acceptors (Lipinski definition) is 9. The fraction of sp³-hybridized carbons (Fsp3) is 0.500. The highest BCUT2D eigenvalue weighted by Crippen LogP contribution is 2.38. The van der Waals surface area contributed by atoms with Crippen LogP contribution in [0, 0.1) is 27.2 Å². The maximum atomic E-state index is 12.6. The van der Waals surface area contributed by atoms with Gasteiger partial charge in [0.25, 0.3) is 0 Å². The van der Waals surface area contributed by atoms with Gasteiger partial charge in [0.1, 0.15) is 17.2 Å². The second-order valence-electron chi connectivity index (χ2n) is 7.03. The Bertz CT molecular complexity index is 1060. The minimum absolute atomic E-state index is 0.111. The average molecular weight is 451 g/mol. The third-order valence-corrected chi connectivity index (χ3v) is 6.08. The Morgan fingerprint density at radius 3 is 2.55 bits per heavy atom. The van der Waals surface area contributed by atoms with Crippen molar-refractivity contribution in [2.75, 3.05) is 11.9 Å². The van der Waals surface area contributed by atoms with E-state index in [0.29, 0.717) is 17.0 Å². The van der Waals surface area contributed by atoms with Crippen molar-refractivity contribution in [3.63, 3.8) is 0 Å². The summed E-state index contributed by atoms with van der Waals surface area (Å²) in [4.78, 5) is 46.6. The summed E-state index contributed by atoms with van der Waals surface area (Å²) in [6.45, 7) is 2.94. The molecule has 0 radical (unpaired) electrons. The van der Waals surface area contributed by atoms with Crippen LogP contribution in [0.1, 0.15) is 52.7 Å². The topological polar surface area (TPSA) is 160 Å². The van der Waals surface area contributed by atoms with Crippen molar-refractivity contribution in [2.24, 2.45) is 0 Å². The Morgan fingerprint density at radius 2 is 1.94 bits per heavy atom. The van der Waals surface area contributed by atoms with Gasteiger partial charge in [-0.05, 0) is 49.5 Å². The fourth-order valence-electron chi connectivity index (χ4n) is 3.45. The molecule has 0 aromatic carbocycles. The lowest BCUT2D eigenvalue weighted by molar-refractivity contribution is -0.424. The molecule has 2 aromatic rings. The van der Waals surface area contributed by atoms with E-state index in [-0.39, 0.29) is 12.3 Å². The first-order valence-electron chi connectivity index (χ1n) is 9.72. The van der Waals surface area contributed by atoms with Gasteiger partial charge in [-0.25, -0.2) is 4.79 Å². The van der Waals surface area contributed by atoms with Gasteiger partial charge in [-0.1, -0.05) is 6.92 Å². The number of rotatable bonds is 8. The minimum Gasteiger partial charge on any atom is -0.462 e. The number of nitrogens with one attached hydrogen (secondary N) is 1. The Kier molecular flexibility index (Phi) is 6.63. The summed E-state index contributed by atoms with van der Waals surface area (Å²) in [6, 6.07) is 0. The highest BCUT2D eigenvalue weighted by Gasteiger charge is 2.36. The Hall–Kier alpha value is -3.35. The fourth-order valence-corrected chi connectivity index (χ4v) is 4.74. The molecule has 0 saturated carbocycles. The molecule has 1 amide bonds. The number of amides is 1. The number of nitro groups is 2. The monoisotopic (exact) mass is 451 g/mol. The van der Waals surface area contributed by atoms with Gasteiger partial charge in [0.2, 0.25) is 5.91 Å². The highest BCUT2D eigenvalue weighted by atomic mass is 32.1. The summed E-state index contributed by atoms with van der Waals surface area (Å²) in [6.07, 6.45) is 4.11. The number of aromatic nitrogens is 2. The predicted molar refractivity (Wildman–Crippen MR) is 110 cm³/mol. The Balaban J connectivity index is 1.87. The molecule has 0 bridgehead atoms. The Labute approximate surface area is 180 Å². The molecule has 2 heterocycles. The molecule has 2 aromatic heterocycles. The van der Waals surface area contributed by atoms with Crippen molar-refractivity contribution < 1.29 is 24.2 Å². The van der Waals surface area contributed by atoms with Crippen molar-refractivity contribution in [3.8, 4) is 0 Å². The number of nitrogens with zero attached hydrogens (tertiary/aromatic N) is 4. The van der Waals surface area contributed by atoms with Crippen molar-refractivity contribution in [1.29, 1.82) is 0 Å². The lowest BCUT2D eigenvalue weighted by Crippen LogP contribution is -2.21. The number of carbonyl (C=O) groups is 2. The third-order valence-electron chi connectivity index (χ3n) is 4.87. The smallest absolute Gasteiger partial charge is 0.462 e. The molecule has 1 N–H and O–H groups in total. The molecule has 13 heteroatoms. The SMILES string of the molecule is CCCOC(=O)c1c(NC(=O)Cn2nc([N+](=O)[O-])c([N+](=O)[O-])c2C)sc2c1CCCC2. The van der Waals surface area contributed by atoms with Crippen LogP contribution in [0.4, 0.5) is 16.5 Å². The summed E-state index contributed by atoms with van der Waals surface area (Å²) < 4.78 is 6.19. The molecule has 1 aliphatic rings. The van der Waals surface area contributed by atoms with E-state index in [1.54, 1.807) is 0 Å². The van der Waals surface area contributed by atoms with Crippen LogP contribution in [-0.2, 0) is 28.9 Å². The maximum Gasteiger partial charge on any atom is 0.468 e. The van der Waals surface area contributed by atoms with Crippen LogP contribution >= 0.6 is 11.3 Å². The molecule has 0 fully saturated rings. The summed E-state index contributed by atoms with van der Waals surface area (Å²) in [5, 5.41) is 28.8. The van der Waals surface area contributed by atoms with Crippen molar-refractivity contribution in [3.05, 3.63) is 41.9 Å². The molecule has 31 heavy (non-hydrogen) atoms. The lowest BCUT2D eigenvalue weighted by Gasteiger charge is -2.12. The average Bonchev–Trinajstić information content (AvgIpc) is 3.23. The second kappa shape index (κ2) is 9.20. The summed E-state index contributed by atoms with van der Waals surface area (Å²) in [5.74, 6) is -2.04. The van der Waals surface area contributed by atoms with Crippen LogP contribution in [0.5, 0.6) is 0 Å².